The molecule has 1 aliphatic carbocycles. The van der Waals surface area contributed by atoms with Crippen LogP contribution < -0.4 is 11.1 Å². The van der Waals surface area contributed by atoms with Gasteiger partial charge in [-0.3, -0.25) is 0 Å². The van der Waals surface area contributed by atoms with Crippen molar-refractivity contribution < 1.29 is 0 Å². The Morgan fingerprint density at radius 2 is 2.21 bits per heavy atom. The van der Waals surface area contributed by atoms with E-state index in [1.165, 1.54) is 6.42 Å². The van der Waals surface area contributed by atoms with Crippen LogP contribution in [0.2, 0.25) is 0 Å². The van der Waals surface area contributed by atoms with Crippen molar-refractivity contribution in [2.24, 2.45) is 5.73 Å². The molecule has 0 bridgehead atoms. The largest absolute Gasteiger partial charge is 0.351 e. The molecule has 19 heavy (non-hydrogen) atoms. The number of aromatic nitrogens is 2. The molecule has 3 N–H and O–H groups in total. The lowest BCUT2D eigenvalue weighted by molar-refractivity contribution is 0.408. The van der Waals surface area contributed by atoms with E-state index in [4.69, 9.17) is 5.73 Å². The molecule has 2 atom stereocenters. The molecular weight excluding hydrogens is 304 g/mol. The Bertz CT molecular complexity index is 587. The number of anilines is 1. The lowest BCUT2D eigenvalue weighted by Gasteiger charge is -2.27. The molecule has 0 unspecified atom stereocenters. The van der Waals surface area contributed by atoms with Gasteiger partial charge in [-0.25, -0.2) is 9.97 Å². The molecule has 1 heterocycles. The zero-order chi connectivity index (χ0) is 13.2. The number of hydrogen-bond donors (Lipinski definition) is 2. The van der Waals surface area contributed by atoms with Crippen molar-refractivity contribution in [3.8, 4) is 0 Å². The fourth-order valence-electron chi connectivity index (χ4n) is 2.62. The first-order chi connectivity index (χ1) is 9.20. The van der Waals surface area contributed by atoms with E-state index in [0.717, 1.165) is 34.6 Å². The summed E-state index contributed by atoms with van der Waals surface area (Å²) in [5.41, 5.74) is 6.96. The number of nitrogens with one attached hydrogen (secondary N) is 1. The van der Waals surface area contributed by atoms with E-state index in [1.807, 2.05) is 24.4 Å². The molecule has 1 aromatic heterocycles. The second-order valence-electron chi connectivity index (χ2n) is 5.16. The van der Waals surface area contributed by atoms with Crippen LogP contribution in [0.3, 0.4) is 0 Å². The van der Waals surface area contributed by atoms with Crippen LogP contribution in [-0.4, -0.2) is 22.1 Å². The van der Waals surface area contributed by atoms with E-state index >= 15 is 0 Å². The molecule has 1 fully saturated rings. The molecule has 0 saturated heterocycles. The van der Waals surface area contributed by atoms with Crippen LogP contribution in [-0.2, 0) is 0 Å². The number of benzene rings is 1. The quantitative estimate of drug-likeness (QED) is 0.892. The summed E-state index contributed by atoms with van der Waals surface area (Å²) in [5.74, 6) is 0.703. The van der Waals surface area contributed by atoms with Gasteiger partial charge in [-0.15, -0.1) is 0 Å². The van der Waals surface area contributed by atoms with E-state index in [1.54, 1.807) is 0 Å². The number of hydrogen-bond acceptors (Lipinski definition) is 4. The molecule has 100 valence electrons. The van der Waals surface area contributed by atoms with Crippen LogP contribution in [0.5, 0.6) is 0 Å². The first-order valence-corrected chi connectivity index (χ1v) is 7.44. The maximum atomic E-state index is 6.00. The predicted octanol–water partition coefficient (Wildman–Crippen LogP) is 3.07. The zero-order valence-corrected chi connectivity index (χ0v) is 12.2. The van der Waals surface area contributed by atoms with Gasteiger partial charge in [0.25, 0.3) is 0 Å². The van der Waals surface area contributed by atoms with Crippen LogP contribution in [0.15, 0.2) is 28.9 Å². The monoisotopic (exact) mass is 320 g/mol. The van der Waals surface area contributed by atoms with Gasteiger partial charge in [0, 0.05) is 28.1 Å². The van der Waals surface area contributed by atoms with Crippen molar-refractivity contribution in [1.29, 1.82) is 0 Å². The van der Waals surface area contributed by atoms with Gasteiger partial charge in [-0.05, 0) is 43.9 Å². The summed E-state index contributed by atoms with van der Waals surface area (Å²) in [4.78, 5) is 8.93. The highest BCUT2D eigenvalue weighted by molar-refractivity contribution is 9.10. The summed E-state index contributed by atoms with van der Waals surface area (Å²) >= 11 is 3.45. The summed E-state index contributed by atoms with van der Waals surface area (Å²) in [5, 5.41) is 4.45. The minimum atomic E-state index is 0.308. The molecule has 1 aliphatic rings. The molecule has 1 saturated carbocycles. The molecule has 4 nitrogen and oxygen atoms in total. The van der Waals surface area contributed by atoms with Crippen molar-refractivity contribution >= 4 is 32.8 Å². The molecular formula is C14H17BrN4. The molecule has 0 spiro atoms. The summed E-state index contributed by atoms with van der Waals surface area (Å²) < 4.78 is 1.04. The highest BCUT2D eigenvalue weighted by Crippen LogP contribution is 2.22. The average molecular weight is 321 g/mol. The van der Waals surface area contributed by atoms with Gasteiger partial charge in [0.15, 0.2) is 0 Å². The molecule has 2 aromatic rings. The maximum Gasteiger partial charge on any atom is 0.223 e. The molecule has 3 rings (SSSR count). The average Bonchev–Trinajstić information content (AvgIpc) is 2.39. The lowest BCUT2D eigenvalue weighted by atomic mass is 9.92. The molecule has 0 radical (unpaired) electrons. The third kappa shape index (κ3) is 3.04. The van der Waals surface area contributed by atoms with Crippen LogP contribution >= 0.6 is 15.9 Å². The van der Waals surface area contributed by atoms with Crippen molar-refractivity contribution in [2.45, 2.75) is 37.8 Å². The van der Waals surface area contributed by atoms with E-state index in [2.05, 4.69) is 31.2 Å². The second-order valence-corrected chi connectivity index (χ2v) is 6.08. The molecule has 1 aromatic carbocycles. The third-order valence-electron chi connectivity index (χ3n) is 3.59. The van der Waals surface area contributed by atoms with Crippen LogP contribution in [0.4, 0.5) is 5.95 Å². The van der Waals surface area contributed by atoms with E-state index < -0.39 is 0 Å². The SMILES string of the molecule is N[C@H]1CCC[C@@H](Nc2ncc3cc(Br)ccc3n2)C1. The standard InChI is InChI=1S/C14H17BrN4/c15-10-4-5-13-9(6-10)8-17-14(19-13)18-12-3-1-2-11(16)7-12/h4-6,8,11-12H,1-3,7,16H2,(H,17,18,19)/t11-,12+/m0/s1. The van der Waals surface area contributed by atoms with Gasteiger partial charge >= 0.3 is 0 Å². The highest BCUT2D eigenvalue weighted by Gasteiger charge is 2.19. The smallest absolute Gasteiger partial charge is 0.223 e. The lowest BCUT2D eigenvalue weighted by Crippen LogP contribution is -2.35. The highest BCUT2D eigenvalue weighted by atomic mass is 79.9. The van der Waals surface area contributed by atoms with Crippen molar-refractivity contribution in [2.75, 3.05) is 5.32 Å². The first kappa shape index (κ1) is 12.8. The van der Waals surface area contributed by atoms with Crippen molar-refractivity contribution in [1.82, 2.24) is 9.97 Å². The topological polar surface area (TPSA) is 63.8 Å². The van der Waals surface area contributed by atoms with Crippen LogP contribution in [0, 0.1) is 0 Å². The normalized spacial score (nSPS) is 23.5. The van der Waals surface area contributed by atoms with Gasteiger partial charge < -0.3 is 11.1 Å². The van der Waals surface area contributed by atoms with E-state index in [9.17, 15) is 0 Å². The zero-order valence-electron chi connectivity index (χ0n) is 10.6. The Hall–Kier alpha value is -1.20. The third-order valence-corrected chi connectivity index (χ3v) is 4.08. The van der Waals surface area contributed by atoms with Gasteiger partial charge in [-0.1, -0.05) is 15.9 Å². The number of nitrogens with zero attached hydrogens (tertiary/aromatic N) is 2. The molecule has 5 heteroatoms. The predicted molar refractivity (Wildman–Crippen MR) is 81.1 cm³/mol. The molecule has 0 amide bonds. The Kier molecular flexibility index (Phi) is 3.66. The van der Waals surface area contributed by atoms with Crippen LogP contribution in [0.25, 0.3) is 10.9 Å². The van der Waals surface area contributed by atoms with E-state index in [0.29, 0.717) is 18.0 Å². The minimum Gasteiger partial charge on any atom is -0.351 e. The summed E-state index contributed by atoms with van der Waals surface area (Å²) in [6.45, 7) is 0. The fraction of sp³-hybridized carbons (Fsp3) is 0.429. The van der Waals surface area contributed by atoms with Crippen molar-refractivity contribution in [3.05, 3.63) is 28.9 Å². The van der Waals surface area contributed by atoms with Crippen molar-refractivity contribution in [3.63, 3.8) is 0 Å². The Morgan fingerprint density at radius 3 is 3.05 bits per heavy atom. The van der Waals surface area contributed by atoms with Gasteiger partial charge in [0.1, 0.15) is 0 Å². The Balaban J connectivity index is 1.79. The van der Waals surface area contributed by atoms with Crippen LogP contribution in [0.1, 0.15) is 25.7 Å². The fourth-order valence-corrected chi connectivity index (χ4v) is 2.99. The molecule has 0 aliphatic heterocycles. The number of fused-ring (bicyclic) bond motifs is 1. The summed E-state index contributed by atoms with van der Waals surface area (Å²) in [7, 11) is 0. The van der Waals surface area contributed by atoms with E-state index in [-0.39, 0.29) is 0 Å². The van der Waals surface area contributed by atoms with Gasteiger partial charge in [0.2, 0.25) is 5.95 Å². The summed E-state index contributed by atoms with van der Waals surface area (Å²) in [6.07, 6.45) is 6.32. The van der Waals surface area contributed by atoms with Gasteiger partial charge in [-0.2, -0.15) is 0 Å². The summed E-state index contributed by atoms with van der Waals surface area (Å²) in [6, 6.07) is 6.73. The Morgan fingerprint density at radius 1 is 1.32 bits per heavy atom. The number of rotatable bonds is 2. The number of nitrogens with two attached hydrogens (primary N) is 1. The first-order valence-electron chi connectivity index (χ1n) is 6.65. The Labute approximate surface area is 120 Å². The maximum absolute atomic E-state index is 6.00. The van der Waals surface area contributed by atoms with Gasteiger partial charge in [0.05, 0.1) is 5.52 Å². The second kappa shape index (κ2) is 5.43. The minimum absolute atomic E-state index is 0.308. The number of halogens is 1.